The van der Waals surface area contributed by atoms with E-state index in [1.165, 1.54) is 5.56 Å². The molecule has 0 saturated carbocycles. The summed E-state index contributed by atoms with van der Waals surface area (Å²) in [5.41, 5.74) is 6.82. The minimum Gasteiger partial charge on any atom is -0.481 e. The Bertz CT molecular complexity index is 1200. The predicted molar refractivity (Wildman–Crippen MR) is 122 cm³/mol. The second-order valence-electron chi connectivity index (χ2n) is 7.48. The maximum absolute atomic E-state index is 11.5. The van der Waals surface area contributed by atoms with Gasteiger partial charge in [0.1, 0.15) is 0 Å². The number of benzene rings is 3. The first-order valence-electron chi connectivity index (χ1n) is 9.95. The van der Waals surface area contributed by atoms with Crippen molar-refractivity contribution in [3.63, 3.8) is 0 Å². The predicted octanol–water partition coefficient (Wildman–Crippen LogP) is 6.28. The summed E-state index contributed by atoms with van der Waals surface area (Å²) in [4.78, 5) is 16.4. The van der Waals surface area contributed by atoms with E-state index in [2.05, 4.69) is 30.3 Å². The number of halogens is 1. The number of pyridine rings is 1. The third-order valence-corrected chi connectivity index (χ3v) is 5.61. The summed E-state index contributed by atoms with van der Waals surface area (Å²) in [5, 5.41) is 11.1. The molecule has 0 aliphatic heterocycles. The van der Waals surface area contributed by atoms with Crippen LogP contribution in [0.3, 0.4) is 0 Å². The number of nitrogens with zero attached hydrogens (tertiary/aromatic N) is 1. The number of rotatable bonds is 6. The zero-order chi connectivity index (χ0) is 21.1. The Morgan fingerprint density at radius 3 is 2.40 bits per heavy atom. The van der Waals surface area contributed by atoms with E-state index in [0.29, 0.717) is 5.02 Å². The average molecular weight is 416 g/mol. The van der Waals surface area contributed by atoms with E-state index < -0.39 is 5.97 Å². The van der Waals surface area contributed by atoms with Gasteiger partial charge in [0.15, 0.2) is 0 Å². The van der Waals surface area contributed by atoms with Crippen LogP contribution in [0, 0.1) is 6.92 Å². The molecule has 0 saturated heterocycles. The van der Waals surface area contributed by atoms with Gasteiger partial charge in [0, 0.05) is 16.1 Å². The van der Waals surface area contributed by atoms with Gasteiger partial charge in [-0.25, -0.2) is 0 Å². The molecule has 3 nitrogen and oxygen atoms in total. The molecule has 1 N–H and O–H groups in total. The van der Waals surface area contributed by atoms with Crippen molar-refractivity contribution < 1.29 is 9.90 Å². The van der Waals surface area contributed by atoms with Crippen molar-refractivity contribution >= 4 is 28.5 Å². The maximum Gasteiger partial charge on any atom is 0.307 e. The van der Waals surface area contributed by atoms with Crippen molar-refractivity contribution in [1.82, 2.24) is 4.98 Å². The van der Waals surface area contributed by atoms with Gasteiger partial charge in [-0.15, -0.1) is 0 Å². The fraction of sp³-hybridized carbons (Fsp3) is 0.154. The van der Waals surface area contributed by atoms with E-state index in [0.717, 1.165) is 51.7 Å². The minimum absolute atomic E-state index is 0.0323. The Hall–Kier alpha value is -3.17. The van der Waals surface area contributed by atoms with E-state index in [4.69, 9.17) is 16.6 Å². The van der Waals surface area contributed by atoms with E-state index in [-0.39, 0.29) is 6.42 Å². The van der Waals surface area contributed by atoms with Crippen LogP contribution in [0.1, 0.15) is 22.4 Å². The zero-order valence-electron chi connectivity index (χ0n) is 16.7. The van der Waals surface area contributed by atoms with Gasteiger partial charge >= 0.3 is 5.97 Å². The molecule has 1 heterocycles. The lowest BCUT2D eigenvalue weighted by atomic mass is 9.90. The zero-order valence-corrected chi connectivity index (χ0v) is 17.5. The fourth-order valence-corrected chi connectivity index (χ4v) is 4.00. The smallest absolute Gasteiger partial charge is 0.307 e. The van der Waals surface area contributed by atoms with Crippen molar-refractivity contribution in [3.05, 3.63) is 100 Å². The first-order chi connectivity index (χ1) is 14.5. The van der Waals surface area contributed by atoms with Gasteiger partial charge in [0.25, 0.3) is 0 Å². The highest BCUT2D eigenvalue weighted by Gasteiger charge is 2.17. The first-order valence-corrected chi connectivity index (χ1v) is 10.3. The summed E-state index contributed by atoms with van der Waals surface area (Å²) in [6.07, 6.45) is 1.75. The van der Waals surface area contributed by atoms with E-state index >= 15 is 0 Å². The van der Waals surface area contributed by atoms with Gasteiger partial charge in [-0.2, -0.15) is 0 Å². The van der Waals surface area contributed by atoms with Gasteiger partial charge in [-0.1, -0.05) is 60.1 Å². The van der Waals surface area contributed by atoms with Crippen molar-refractivity contribution in [1.29, 1.82) is 0 Å². The molecular formula is C26H22ClNO2. The van der Waals surface area contributed by atoms with Crippen molar-refractivity contribution in [3.8, 4) is 11.1 Å². The van der Waals surface area contributed by atoms with Crippen LogP contribution in [-0.4, -0.2) is 16.1 Å². The monoisotopic (exact) mass is 415 g/mol. The molecule has 0 atom stereocenters. The second-order valence-corrected chi connectivity index (χ2v) is 7.92. The summed E-state index contributed by atoms with van der Waals surface area (Å²) < 4.78 is 0. The Labute approximate surface area is 181 Å². The van der Waals surface area contributed by atoms with Crippen LogP contribution in [0.4, 0.5) is 0 Å². The molecule has 3 aromatic carbocycles. The number of hydrogen-bond donors (Lipinski definition) is 1. The van der Waals surface area contributed by atoms with E-state index in [1.54, 1.807) is 0 Å². The van der Waals surface area contributed by atoms with Crippen molar-refractivity contribution in [2.75, 3.05) is 0 Å². The number of carboxylic acids is 1. The van der Waals surface area contributed by atoms with Crippen LogP contribution in [0.15, 0.2) is 72.8 Å². The number of aryl methyl sites for hydroxylation is 3. The molecule has 0 unspecified atom stereocenters. The molecular weight excluding hydrogens is 394 g/mol. The van der Waals surface area contributed by atoms with Crippen LogP contribution < -0.4 is 0 Å². The largest absolute Gasteiger partial charge is 0.481 e. The average Bonchev–Trinajstić information content (AvgIpc) is 2.74. The fourth-order valence-electron chi connectivity index (χ4n) is 3.87. The molecule has 0 aliphatic carbocycles. The normalized spacial score (nSPS) is 11.0. The number of carbonyl (C=O) groups is 1. The molecule has 4 rings (SSSR count). The summed E-state index contributed by atoms with van der Waals surface area (Å²) in [5.74, 6) is -0.847. The SMILES string of the molecule is Cc1cc2nc(CCc3ccccc3)ccc2c(-c2ccc(Cl)cc2)c1CC(=O)O. The second kappa shape index (κ2) is 8.68. The topological polar surface area (TPSA) is 50.2 Å². The molecule has 0 radical (unpaired) electrons. The molecule has 1 aromatic heterocycles. The minimum atomic E-state index is -0.847. The highest BCUT2D eigenvalue weighted by atomic mass is 35.5. The number of carboxylic acid groups (broad SMARTS) is 1. The molecule has 0 bridgehead atoms. The highest BCUT2D eigenvalue weighted by molar-refractivity contribution is 6.30. The molecule has 150 valence electrons. The van der Waals surface area contributed by atoms with Crippen molar-refractivity contribution in [2.24, 2.45) is 0 Å². The standard InChI is InChI=1S/C26H22ClNO2/c1-17-15-24-22(14-13-21(28-24)12-7-18-5-3-2-4-6-18)26(23(17)16-25(29)30)19-8-10-20(27)11-9-19/h2-6,8-11,13-15H,7,12,16H2,1H3,(H,29,30). The lowest BCUT2D eigenvalue weighted by Crippen LogP contribution is -2.05. The summed E-state index contributed by atoms with van der Waals surface area (Å²) in [7, 11) is 0. The van der Waals surface area contributed by atoms with Crippen LogP contribution in [0.5, 0.6) is 0 Å². The Morgan fingerprint density at radius 2 is 1.70 bits per heavy atom. The molecule has 0 aliphatic rings. The van der Waals surface area contributed by atoms with Gasteiger partial charge in [0.2, 0.25) is 0 Å². The van der Waals surface area contributed by atoms with Crippen molar-refractivity contribution in [2.45, 2.75) is 26.2 Å². The third-order valence-electron chi connectivity index (χ3n) is 5.36. The van der Waals surface area contributed by atoms with Gasteiger partial charge < -0.3 is 5.11 Å². The quantitative estimate of drug-likeness (QED) is 0.403. The third kappa shape index (κ3) is 4.37. The Morgan fingerprint density at radius 1 is 0.967 bits per heavy atom. The lowest BCUT2D eigenvalue weighted by Gasteiger charge is -2.16. The van der Waals surface area contributed by atoms with Gasteiger partial charge in [0.05, 0.1) is 11.9 Å². The number of fused-ring (bicyclic) bond motifs is 1. The Balaban J connectivity index is 1.79. The number of aromatic nitrogens is 1. The highest BCUT2D eigenvalue weighted by Crippen LogP contribution is 2.35. The number of hydrogen-bond acceptors (Lipinski definition) is 2. The van der Waals surface area contributed by atoms with Crippen LogP contribution >= 0.6 is 11.6 Å². The van der Waals surface area contributed by atoms with Crippen LogP contribution in [-0.2, 0) is 24.1 Å². The summed E-state index contributed by atoms with van der Waals surface area (Å²) in [6, 6.07) is 24.0. The first kappa shape index (κ1) is 20.1. The molecule has 4 heteroatoms. The lowest BCUT2D eigenvalue weighted by molar-refractivity contribution is -0.136. The molecule has 30 heavy (non-hydrogen) atoms. The molecule has 4 aromatic rings. The van der Waals surface area contributed by atoms with E-state index in [1.807, 2.05) is 49.4 Å². The summed E-state index contributed by atoms with van der Waals surface area (Å²) >= 11 is 6.07. The molecule has 0 amide bonds. The van der Waals surface area contributed by atoms with E-state index in [9.17, 15) is 9.90 Å². The molecule has 0 fully saturated rings. The molecule has 0 spiro atoms. The number of aliphatic carboxylic acids is 1. The maximum atomic E-state index is 11.5. The van der Waals surface area contributed by atoms with Crippen LogP contribution in [0.25, 0.3) is 22.0 Å². The Kier molecular flexibility index (Phi) is 5.82. The van der Waals surface area contributed by atoms with Gasteiger partial charge in [-0.05, 0) is 71.8 Å². The van der Waals surface area contributed by atoms with Crippen LogP contribution in [0.2, 0.25) is 5.02 Å². The summed E-state index contributed by atoms with van der Waals surface area (Å²) in [6.45, 7) is 1.95. The van der Waals surface area contributed by atoms with Gasteiger partial charge in [-0.3, -0.25) is 9.78 Å².